The Bertz CT molecular complexity index is 457. The first-order valence-electron chi connectivity index (χ1n) is 4.65. The molecule has 2 rings (SSSR count). The van der Waals surface area contributed by atoms with Crippen LogP contribution < -0.4 is 5.73 Å². The minimum atomic E-state index is 0.302. The molecule has 2 N–H and O–H groups in total. The second kappa shape index (κ2) is 5.53. The highest BCUT2D eigenvalue weighted by molar-refractivity contribution is 9.11. The Labute approximate surface area is 105 Å². The number of nitrogens with zero attached hydrogens (tertiary/aromatic N) is 2. The van der Waals surface area contributed by atoms with E-state index in [2.05, 4.69) is 26.1 Å². The van der Waals surface area contributed by atoms with E-state index in [1.165, 1.54) is 0 Å². The molecule has 0 saturated carbocycles. The SMILES string of the molecule is NCCOCc1nc(-c2ccc(Br)s2)no1. The van der Waals surface area contributed by atoms with Crippen molar-refractivity contribution in [2.45, 2.75) is 6.61 Å². The number of hydrogen-bond acceptors (Lipinski definition) is 6. The molecule has 0 aliphatic rings. The summed E-state index contributed by atoms with van der Waals surface area (Å²) in [7, 11) is 0. The van der Waals surface area contributed by atoms with Crippen LogP contribution in [0.25, 0.3) is 10.7 Å². The second-order valence-corrected chi connectivity index (χ2v) is 5.42. The number of thiophene rings is 1. The summed E-state index contributed by atoms with van der Waals surface area (Å²) < 4.78 is 11.3. The van der Waals surface area contributed by atoms with Crippen molar-refractivity contribution in [3.05, 3.63) is 21.8 Å². The van der Waals surface area contributed by atoms with Crippen LogP contribution >= 0.6 is 27.3 Å². The van der Waals surface area contributed by atoms with Crippen molar-refractivity contribution < 1.29 is 9.26 Å². The lowest BCUT2D eigenvalue weighted by atomic mass is 10.4. The van der Waals surface area contributed by atoms with Crippen LogP contribution in [0, 0.1) is 0 Å². The molecule has 0 spiro atoms. The first-order valence-corrected chi connectivity index (χ1v) is 6.26. The number of hydrogen-bond donors (Lipinski definition) is 1. The van der Waals surface area contributed by atoms with Gasteiger partial charge in [-0.25, -0.2) is 0 Å². The predicted molar refractivity (Wildman–Crippen MR) is 64.0 cm³/mol. The van der Waals surface area contributed by atoms with E-state index in [9.17, 15) is 0 Å². The van der Waals surface area contributed by atoms with Crippen molar-refractivity contribution in [2.75, 3.05) is 13.2 Å². The van der Waals surface area contributed by atoms with Crippen molar-refractivity contribution in [3.63, 3.8) is 0 Å². The monoisotopic (exact) mass is 303 g/mol. The fourth-order valence-corrected chi connectivity index (χ4v) is 2.40. The smallest absolute Gasteiger partial charge is 0.252 e. The third-order valence-electron chi connectivity index (χ3n) is 1.75. The molecule has 2 aromatic rings. The van der Waals surface area contributed by atoms with Crippen LogP contribution in [-0.2, 0) is 11.3 Å². The van der Waals surface area contributed by atoms with Gasteiger partial charge in [0, 0.05) is 6.54 Å². The number of nitrogens with two attached hydrogens (primary N) is 1. The van der Waals surface area contributed by atoms with Gasteiger partial charge in [0.25, 0.3) is 5.89 Å². The summed E-state index contributed by atoms with van der Waals surface area (Å²) in [4.78, 5) is 5.17. The zero-order chi connectivity index (χ0) is 11.4. The summed E-state index contributed by atoms with van der Waals surface area (Å²) in [6, 6.07) is 3.88. The molecule has 0 aliphatic carbocycles. The molecule has 86 valence electrons. The van der Waals surface area contributed by atoms with Gasteiger partial charge >= 0.3 is 0 Å². The Morgan fingerprint density at radius 2 is 2.38 bits per heavy atom. The van der Waals surface area contributed by atoms with Crippen LogP contribution in [0.4, 0.5) is 0 Å². The van der Waals surface area contributed by atoms with E-state index in [1.54, 1.807) is 11.3 Å². The zero-order valence-electron chi connectivity index (χ0n) is 8.35. The Hall–Kier alpha value is -0.760. The summed E-state index contributed by atoms with van der Waals surface area (Å²) in [5.41, 5.74) is 5.30. The van der Waals surface area contributed by atoms with E-state index in [0.29, 0.717) is 31.5 Å². The van der Waals surface area contributed by atoms with Gasteiger partial charge in [0.2, 0.25) is 5.82 Å². The van der Waals surface area contributed by atoms with Gasteiger partial charge in [-0.15, -0.1) is 11.3 Å². The van der Waals surface area contributed by atoms with E-state index in [-0.39, 0.29) is 0 Å². The molecule has 0 saturated heterocycles. The van der Waals surface area contributed by atoms with Crippen molar-refractivity contribution in [1.82, 2.24) is 10.1 Å². The Kier molecular flexibility index (Phi) is 4.05. The highest BCUT2D eigenvalue weighted by Crippen LogP contribution is 2.29. The van der Waals surface area contributed by atoms with E-state index in [0.717, 1.165) is 8.66 Å². The van der Waals surface area contributed by atoms with E-state index in [4.69, 9.17) is 15.0 Å². The van der Waals surface area contributed by atoms with Gasteiger partial charge in [-0.2, -0.15) is 4.98 Å². The van der Waals surface area contributed by atoms with Crippen molar-refractivity contribution in [1.29, 1.82) is 0 Å². The predicted octanol–water partition coefficient (Wildman–Crippen LogP) is 2.04. The van der Waals surface area contributed by atoms with Crippen molar-refractivity contribution in [3.8, 4) is 10.7 Å². The number of aromatic nitrogens is 2. The van der Waals surface area contributed by atoms with Crippen molar-refractivity contribution >= 4 is 27.3 Å². The lowest BCUT2D eigenvalue weighted by Crippen LogP contribution is -2.08. The molecular weight excluding hydrogens is 294 g/mol. The van der Waals surface area contributed by atoms with Crippen LogP contribution in [0.2, 0.25) is 0 Å². The molecule has 0 bridgehead atoms. The van der Waals surface area contributed by atoms with Gasteiger partial charge in [0.05, 0.1) is 15.3 Å². The second-order valence-electron chi connectivity index (χ2n) is 2.96. The molecule has 0 aliphatic heterocycles. The lowest BCUT2D eigenvalue weighted by molar-refractivity contribution is 0.104. The maximum Gasteiger partial charge on any atom is 0.252 e. The third kappa shape index (κ3) is 2.88. The highest BCUT2D eigenvalue weighted by atomic mass is 79.9. The number of halogens is 1. The topological polar surface area (TPSA) is 74.2 Å². The molecule has 5 nitrogen and oxygen atoms in total. The maximum absolute atomic E-state index is 5.30. The van der Waals surface area contributed by atoms with Gasteiger partial charge in [-0.3, -0.25) is 0 Å². The molecule has 2 aromatic heterocycles. The van der Waals surface area contributed by atoms with Gasteiger partial charge < -0.3 is 15.0 Å². The quantitative estimate of drug-likeness (QED) is 0.856. The van der Waals surface area contributed by atoms with E-state index < -0.39 is 0 Å². The van der Waals surface area contributed by atoms with Crippen LogP contribution in [0.1, 0.15) is 5.89 Å². The van der Waals surface area contributed by atoms with Gasteiger partial charge in [0.15, 0.2) is 0 Å². The van der Waals surface area contributed by atoms with Crippen LogP contribution in [0.5, 0.6) is 0 Å². The average Bonchev–Trinajstić information content (AvgIpc) is 2.87. The number of ether oxygens (including phenoxy) is 1. The van der Waals surface area contributed by atoms with Gasteiger partial charge in [0.1, 0.15) is 6.61 Å². The number of rotatable bonds is 5. The first kappa shape index (κ1) is 11.7. The van der Waals surface area contributed by atoms with E-state index in [1.807, 2.05) is 12.1 Å². The molecule has 0 unspecified atom stereocenters. The summed E-state index contributed by atoms with van der Waals surface area (Å²) in [5.74, 6) is 1.05. The zero-order valence-corrected chi connectivity index (χ0v) is 10.8. The van der Waals surface area contributed by atoms with Crippen LogP contribution in [0.15, 0.2) is 20.4 Å². The normalized spacial score (nSPS) is 10.9. The minimum Gasteiger partial charge on any atom is -0.370 e. The fourth-order valence-electron chi connectivity index (χ4n) is 1.09. The Balaban J connectivity index is 2.02. The maximum atomic E-state index is 5.30. The Morgan fingerprint density at radius 1 is 1.50 bits per heavy atom. The lowest BCUT2D eigenvalue weighted by Gasteiger charge is -1.95. The fraction of sp³-hybridized carbons (Fsp3) is 0.333. The standard InChI is InChI=1S/C9H10BrN3O2S/c10-7-2-1-6(16-7)9-12-8(15-13-9)5-14-4-3-11/h1-2H,3-5,11H2. The summed E-state index contributed by atoms with van der Waals surface area (Å²) in [5, 5.41) is 3.87. The molecule has 16 heavy (non-hydrogen) atoms. The molecule has 0 atom stereocenters. The molecule has 2 heterocycles. The molecule has 7 heteroatoms. The van der Waals surface area contributed by atoms with Crippen LogP contribution in [0.3, 0.4) is 0 Å². The summed E-state index contributed by atoms with van der Waals surface area (Å²) in [6.07, 6.45) is 0. The third-order valence-corrected chi connectivity index (χ3v) is 3.37. The molecule has 0 aromatic carbocycles. The average molecular weight is 304 g/mol. The van der Waals surface area contributed by atoms with E-state index >= 15 is 0 Å². The molecule has 0 radical (unpaired) electrons. The van der Waals surface area contributed by atoms with Gasteiger partial charge in [-0.1, -0.05) is 5.16 Å². The Morgan fingerprint density at radius 3 is 3.06 bits per heavy atom. The van der Waals surface area contributed by atoms with Crippen molar-refractivity contribution in [2.24, 2.45) is 5.73 Å². The van der Waals surface area contributed by atoms with Crippen LogP contribution in [-0.4, -0.2) is 23.3 Å². The minimum absolute atomic E-state index is 0.302. The highest BCUT2D eigenvalue weighted by Gasteiger charge is 2.10. The van der Waals surface area contributed by atoms with Gasteiger partial charge in [-0.05, 0) is 28.1 Å². The largest absolute Gasteiger partial charge is 0.370 e. The molecular formula is C9H10BrN3O2S. The molecule has 0 fully saturated rings. The summed E-state index contributed by atoms with van der Waals surface area (Å²) >= 11 is 4.93. The first-order chi connectivity index (χ1) is 7.79. The summed E-state index contributed by atoms with van der Waals surface area (Å²) in [6.45, 7) is 1.28. The molecule has 0 amide bonds.